The third kappa shape index (κ3) is 3.06. The Bertz CT molecular complexity index is 909. The van der Waals surface area contributed by atoms with Crippen LogP contribution in [0, 0.1) is 50.0 Å². The van der Waals surface area contributed by atoms with Gasteiger partial charge in [-0.3, -0.25) is 0 Å². The zero-order chi connectivity index (χ0) is 19.2. The topological polar surface area (TPSA) is 0 Å². The minimum absolute atomic E-state index is 0.139. The molecule has 0 heterocycles. The SMILES string of the molecule is Cc1cc(C)c(-c2c(C)cc(C3=CCC(C)CC3)c(F)c2F)c(F)c1F. The van der Waals surface area contributed by atoms with Gasteiger partial charge in [0.2, 0.25) is 0 Å². The average Bonchev–Trinajstić information content (AvgIpc) is 2.60. The van der Waals surface area contributed by atoms with Crippen molar-refractivity contribution in [1.29, 1.82) is 0 Å². The molecular weight excluding hydrogens is 340 g/mol. The zero-order valence-corrected chi connectivity index (χ0v) is 15.4. The van der Waals surface area contributed by atoms with Crippen molar-refractivity contribution in [3.05, 3.63) is 63.7 Å². The summed E-state index contributed by atoms with van der Waals surface area (Å²) in [6.45, 7) is 6.74. The second-order valence-corrected chi connectivity index (χ2v) is 7.37. The first-order valence-electron chi connectivity index (χ1n) is 8.85. The Morgan fingerprint density at radius 3 is 1.92 bits per heavy atom. The van der Waals surface area contributed by atoms with Gasteiger partial charge >= 0.3 is 0 Å². The molecule has 2 aromatic carbocycles. The molecule has 0 fully saturated rings. The summed E-state index contributed by atoms with van der Waals surface area (Å²) in [5.74, 6) is -3.75. The number of benzene rings is 2. The monoisotopic (exact) mass is 362 g/mol. The predicted molar refractivity (Wildman–Crippen MR) is 96.9 cm³/mol. The fraction of sp³-hybridized carbons (Fsp3) is 0.364. The summed E-state index contributed by atoms with van der Waals surface area (Å²) in [7, 11) is 0. The molecule has 0 aromatic heterocycles. The van der Waals surface area contributed by atoms with Crippen molar-refractivity contribution in [2.24, 2.45) is 5.92 Å². The molecule has 0 saturated carbocycles. The lowest BCUT2D eigenvalue weighted by Crippen LogP contribution is -2.07. The van der Waals surface area contributed by atoms with E-state index in [1.54, 1.807) is 19.9 Å². The number of aryl methyl sites for hydroxylation is 3. The van der Waals surface area contributed by atoms with E-state index in [0.29, 0.717) is 23.5 Å². The highest BCUT2D eigenvalue weighted by atomic mass is 19.2. The van der Waals surface area contributed by atoms with Gasteiger partial charge in [0, 0.05) is 16.7 Å². The molecule has 0 saturated heterocycles. The van der Waals surface area contributed by atoms with E-state index in [-0.39, 0.29) is 22.3 Å². The number of rotatable bonds is 2. The fourth-order valence-electron chi connectivity index (χ4n) is 3.73. The van der Waals surface area contributed by atoms with E-state index in [1.165, 1.54) is 13.0 Å². The highest BCUT2D eigenvalue weighted by molar-refractivity contribution is 5.77. The quantitative estimate of drug-likeness (QED) is 0.503. The lowest BCUT2D eigenvalue weighted by atomic mass is 9.85. The average molecular weight is 362 g/mol. The van der Waals surface area contributed by atoms with Crippen LogP contribution in [-0.4, -0.2) is 0 Å². The van der Waals surface area contributed by atoms with E-state index in [2.05, 4.69) is 6.92 Å². The summed E-state index contributed by atoms with van der Waals surface area (Å²) in [6.07, 6.45) is 4.38. The molecule has 2 aromatic rings. The molecule has 4 heteroatoms. The second-order valence-electron chi connectivity index (χ2n) is 7.37. The van der Waals surface area contributed by atoms with Crippen LogP contribution >= 0.6 is 0 Å². The molecular formula is C22H22F4. The Morgan fingerprint density at radius 1 is 0.769 bits per heavy atom. The van der Waals surface area contributed by atoms with Crippen LogP contribution in [0.3, 0.4) is 0 Å². The highest BCUT2D eigenvalue weighted by Crippen LogP contribution is 2.39. The van der Waals surface area contributed by atoms with E-state index < -0.39 is 23.3 Å². The fourth-order valence-corrected chi connectivity index (χ4v) is 3.73. The van der Waals surface area contributed by atoms with E-state index >= 15 is 0 Å². The van der Waals surface area contributed by atoms with E-state index in [0.717, 1.165) is 18.4 Å². The van der Waals surface area contributed by atoms with Crippen LogP contribution in [0.25, 0.3) is 16.7 Å². The van der Waals surface area contributed by atoms with Gasteiger partial charge in [0.1, 0.15) is 0 Å². The van der Waals surface area contributed by atoms with Crippen LogP contribution in [0.5, 0.6) is 0 Å². The van der Waals surface area contributed by atoms with Gasteiger partial charge in [0.05, 0.1) is 0 Å². The molecule has 0 amide bonds. The standard InChI is InChI=1S/C22H22F4/c1-11-5-7-15(8-6-11)16-10-13(3)18(22(26)20(16)24)17-12(2)9-14(4)19(23)21(17)25/h7,9-11H,5-6,8H2,1-4H3. The molecule has 0 N–H and O–H groups in total. The molecule has 0 bridgehead atoms. The second kappa shape index (κ2) is 6.90. The molecule has 138 valence electrons. The van der Waals surface area contributed by atoms with Crippen molar-refractivity contribution in [1.82, 2.24) is 0 Å². The van der Waals surface area contributed by atoms with Crippen LogP contribution < -0.4 is 0 Å². The molecule has 0 radical (unpaired) electrons. The Labute approximate surface area is 151 Å². The zero-order valence-electron chi connectivity index (χ0n) is 15.4. The van der Waals surface area contributed by atoms with Gasteiger partial charge in [-0.25, -0.2) is 17.6 Å². The molecule has 0 spiro atoms. The third-order valence-electron chi connectivity index (χ3n) is 5.26. The first kappa shape index (κ1) is 18.7. The lowest BCUT2D eigenvalue weighted by Gasteiger charge is -2.21. The minimum Gasteiger partial charge on any atom is -0.203 e. The summed E-state index contributed by atoms with van der Waals surface area (Å²) < 4.78 is 58.3. The lowest BCUT2D eigenvalue weighted by molar-refractivity contribution is 0.494. The minimum atomic E-state index is -1.14. The predicted octanol–water partition coefficient (Wildman–Crippen LogP) is 7.04. The molecule has 0 aliphatic heterocycles. The van der Waals surface area contributed by atoms with E-state index in [4.69, 9.17) is 0 Å². The van der Waals surface area contributed by atoms with Crippen molar-refractivity contribution >= 4 is 5.57 Å². The summed E-state index contributed by atoms with van der Waals surface area (Å²) in [5, 5.41) is 0. The number of halogens is 4. The van der Waals surface area contributed by atoms with Crippen molar-refractivity contribution in [2.45, 2.75) is 47.0 Å². The third-order valence-corrected chi connectivity index (χ3v) is 5.26. The Kier molecular flexibility index (Phi) is 4.96. The Morgan fingerprint density at radius 2 is 1.35 bits per heavy atom. The van der Waals surface area contributed by atoms with Gasteiger partial charge in [-0.15, -0.1) is 0 Å². The smallest absolute Gasteiger partial charge is 0.167 e. The number of allylic oxidation sites excluding steroid dienone is 2. The molecule has 1 unspecified atom stereocenters. The van der Waals surface area contributed by atoms with Gasteiger partial charge < -0.3 is 0 Å². The van der Waals surface area contributed by atoms with Gasteiger partial charge in [-0.1, -0.05) is 19.1 Å². The number of hydrogen-bond donors (Lipinski definition) is 0. The first-order chi connectivity index (χ1) is 12.2. The molecule has 1 aliphatic carbocycles. The largest absolute Gasteiger partial charge is 0.203 e. The Hall–Kier alpha value is -2.10. The van der Waals surface area contributed by atoms with Gasteiger partial charge in [0.15, 0.2) is 23.3 Å². The number of hydrogen-bond acceptors (Lipinski definition) is 0. The van der Waals surface area contributed by atoms with Crippen molar-refractivity contribution < 1.29 is 17.6 Å². The maximum Gasteiger partial charge on any atom is 0.167 e. The van der Waals surface area contributed by atoms with Crippen LogP contribution in [0.15, 0.2) is 18.2 Å². The van der Waals surface area contributed by atoms with Gasteiger partial charge in [-0.2, -0.15) is 0 Å². The highest BCUT2D eigenvalue weighted by Gasteiger charge is 2.26. The molecule has 0 nitrogen and oxygen atoms in total. The van der Waals surface area contributed by atoms with Gasteiger partial charge in [-0.05, 0) is 74.3 Å². The van der Waals surface area contributed by atoms with E-state index in [1.807, 2.05) is 6.08 Å². The van der Waals surface area contributed by atoms with Crippen LogP contribution in [0.4, 0.5) is 17.6 Å². The maximum atomic E-state index is 14.9. The molecule has 1 atom stereocenters. The summed E-state index contributed by atoms with van der Waals surface area (Å²) >= 11 is 0. The maximum absolute atomic E-state index is 14.9. The van der Waals surface area contributed by atoms with E-state index in [9.17, 15) is 17.6 Å². The van der Waals surface area contributed by atoms with Gasteiger partial charge in [0.25, 0.3) is 0 Å². The van der Waals surface area contributed by atoms with Crippen molar-refractivity contribution in [3.63, 3.8) is 0 Å². The Balaban J connectivity index is 2.21. The van der Waals surface area contributed by atoms with Crippen LogP contribution in [0.1, 0.15) is 48.4 Å². The summed E-state index contributed by atoms with van der Waals surface area (Å²) in [5.41, 5.74) is 1.50. The van der Waals surface area contributed by atoms with Crippen molar-refractivity contribution in [2.75, 3.05) is 0 Å². The molecule has 3 rings (SSSR count). The summed E-state index contributed by atoms with van der Waals surface area (Å²) in [4.78, 5) is 0. The van der Waals surface area contributed by atoms with Crippen molar-refractivity contribution in [3.8, 4) is 11.1 Å². The molecule has 26 heavy (non-hydrogen) atoms. The normalized spacial score (nSPS) is 17.4. The van der Waals surface area contributed by atoms with Crippen LogP contribution in [-0.2, 0) is 0 Å². The molecule has 1 aliphatic rings. The first-order valence-corrected chi connectivity index (χ1v) is 8.85. The summed E-state index contributed by atoms with van der Waals surface area (Å²) in [6, 6.07) is 3.00. The van der Waals surface area contributed by atoms with Crippen LogP contribution in [0.2, 0.25) is 0 Å².